The number of ether oxygens (including phenoxy) is 2. The number of hydrogen-bond donors (Lipinski definition) is 2. The largest absolute Gasteiger partial charge is 0.497 e. The van der Waals surface area contributed by atoms with Crippen molar-refractivity contribution in [3.63, 3.8) is 0 Å². The van der Waals surface area contributed by atoms with E-state index in [-0.39, 0.29) is 0 Å². The molecular formula is C17H20ClNO3. The normalized spacial score (nSPS) is 12.0. The summed E-state index contributed by atoms with van der Waals surface area (Å²) in [5.41, 5.74) is 1.68. The Morgan fingerprint density at radius 2 is 1.91 bits per heavy atom. The Bertz CT molecular complexity index is 619. The van der Waals surface area contributed by atoms with Crippen LogP contribution in [0.25, 0.3) is 0 Å². The maximum atomic E-state index is 10.4. The molecule has 0 amide bonds. The van der Waals surface area contributed by atoms with Crippen LogP contribution in [-0.4, -0.2) is 25.9 Å². The van der Waals surface area contributed by atoms with Crippen molar-refractivity contribution >= 4 is 11.6 Å². The molecule has 2 N–H and O–H groups in total. The summed E-state index contributed by atoms with van der Waals surface area (Å²) in [7, 11) is 3.17. The van der Waals surface area contributed by atoms with Gasteiger partial charge in [0.15, 0.2) is 0 Å². The molecule has 0 bridgehead atoms. The van der Waals surface area contributed by atoms with Gasteiger partial charge in [-0.05, 0) is 29.8 Å². The second-order valence-electron chi connectivity index (χ2n) is 4.85. The van der Waals surface area contributed by atoms with Gasteiger partial charge in [-0.2, -0.15) is 0 Å². The lowest BCUT2D eigenvalue weighted by atomic mass is 10.1. The molecule has 1 atom stereocenters. The maximum absolute atomic E-state index is 10.4. The Hall–Kier alpha value is -1.75. The smallest absolute Gasteiger partial charge is 0.124 e. The van der Waals surface area contributed by atoms with Crippen molar-refractivity contribution in [2.45, 2.75) is 12.6 Å². The first-order chi connectivity index (χ1) is 10.7. The van der Waals surface area contributed by atoms with Crippen molar-refractivity contribution in [2.24, 2.45) is 0 Å². The first kappa shape index (κ1) is 16.6. The van der Waals surface area contributed by atoms with Crippen LogP contribution in [0.2, 0.25) is 5.02 Å². The molecule has 1 unspecified atom stereocenters. The lowest BCUT2D eigenvalue weighted by Crippen LogP contribution is -2.21. The van der Waals surface area contributed by atoms with Crippen LogP contribution in [0, 0.1) is 0 Å². The van der Waals surface area contributed by atoms with Gasteiger partial charge in [-0.1, -0.05) is 29.8 Å². The Morgan fingerprint density at radius 3 is 2.59 bits per heavy atom. The third-order valence-electron chi connectivity index (χ3n) is 3.41. The van der Waals surface area contributed by atoms with Crippen LogP contribution in [0.4, 0.5) is 0 Å². The van der Waals surface area contributed by atoms with Crippen LogP contribution in [0.1, 0.15) is 17.2 Å². The summed E-state index contributed by atoms with van der Waals surface area (Å²) in [5.74, 6) is 1.31. The number of rotatable bonds is 7. The molecule has 0 aliphatic carbocycles. The molecule has 118 valence electrons. The third-order valence-corrected chi connectivity index (χ3v) is 3.78. The summed E-state index contributed by atoms with van der Waals surface area (Å²) < 4.78 is 10.5. The molecule has 2 aromatic carbocycles. The highest BCUT2D eigenvalue weighted by molar-refractivity contribution is 6.31. The van der Waals surface area contributed by atoms with E-state index < -0.39 is 6.10 Å². The molecule has 0 saturated heterocycles. The number of hydrogen-bond acceptors (Lipinski definition) is 4. The zero-order valence-electron chi connectivity index (χ0n) is 12.7. The van der Waals surface area contributed by atoms with Crippen molar-refractivity contribution < 1.29 is 14.6 Å². The molecule has 0 heterocycles. The molecule has 4 nitrogen and oxygen atoms in total. The van der Waals surface area contributed by atoms with E-state index in [4.69, 9.17) is 21.1 Å². The van der Waals surface area contributed by atoms with Crippen LogP contribution in [0.3, 0.4) is 0 Å². The number of halogens is 1. The summed E-state index contributed by atoms with van der Waals surface area (Å²) >= 11 is 6.10. The number of aliphatic hydroxyl groups is 1. The summed E-state index contributed by atoms with van der Waals surface area (Å²) in [4.78, 5) is 0. The van der Waals surface area contributed by atoms with E-state index in [1.807, 2.05) is 24.3 Å². The van der Waals surface area contributed by atoms with Gasteiger partial charge >= 0.3 is 0 Å². The van der Waals surface area contributed by atoms with Gasteiger partial charge in [-0.25, -0.2) is 0 Å². The standard InChI is InChI=1S/C17H20ClNO3/c1-21-13-7-8-17(22-2)14(9-13)16(20)11-19-10-12-5-3-4-6-15(12)18/h3-9,16,19-20H,10-11H2,1-2H3. The SMILES string of the molecule is COc1ccc(OC)c(C(O)CNCc2ccccc2Cl)c1. The van der Waals surface area contributed by atoms with Crippen LogP contribution in [0.15, 0.2) is 42.5 Å². The van der Waals surface area contributed by atoms with E-state index in [1.165, 1.54) is 0 Å². The van der Waals surface area contributed by atoms with Crippen LogP contribution in [0.5, 0.6) is 11.5 Å². The van der Waals surface area contributed by atoms with Gasteiger partial charge in [0.2, 0.25) is 0 Å². The molecule has 2 rings (SSSR count). The van der Waals surface area contributed by atoms with E-state index >= 15 is 0 Å². The van der Waals surface area contributed by atoms with E-state index in [2.05, 4.69) is 5.32 Å². The third kappa shape index (κ3) is 4.13. The molecule has 0 aliphatic rings. The van der Waals surface area contributed by atoms with E-state index in [9.17, 15) is 5.11 Å². The van der Waals surface area contributed by atoms with E-state index in [0.29, 0.717) is 35.2 Å². The molecule has 0 spiro atoms. The monoisotopic (exact) mass is 321 g/mol. The predicted octanol–water partition coefficient (Wildman–Crippen LogP) is 3.18. The number of aliphatic hydroxyl groups excluding tert-OH is 1. The predicted molar refractivity (Wildman–Crippen MR) is 87.7 cm³/mol. The highest BCUT2D eigenvalue weighted by Gasteiger charge is 2.14. The van der Waals surface area contributed by atoms with E-state index in [1.54, 1.807) is 32.4 Å². The van der Waals surface area contributed by atoms with Gasteiger partial charge in [0.05, 0.1) is 20.3 Å². The zero-order valence-corrected chi connectivity index (χ0v) is 13.4. The Balaban J connectivity index is 2.00. The fourth-order valence-electron chi connectivity index (χ4n) is 2.20. The molecular weight excluding hydrogens is 302 g/mol. The quantitative estimate of drug-likeness (QED) is 0.822. The maximum Gasteiger partial charge on any atom is 0.124 e. The molecule has 5 heteroatoms. The fourth-order valence-corrected chi connectivity index (χ4v) is 2.40. The number of nitrogens with one attached hydrogen (secondary N) is 1. The molecule has 22 heavy (non-hydrogen) atoms. The highest BCUT2D eigenvalue weighted by atomic mass is 35.5. The van der Waals surface area contributed by atoms with Crippen molar-refractivity contribution in [1.82, 2.24) is 5.32 Å². The second-order valence-corrected chi connectivity index (χ2v) is 5.25. The minimum absolute atomic E-state index is 0.384. The topological polar surface area (TPSA) is 50.7 Å². The van der Waals surface area contributed by atoms with Crippen LogP contribution < -0.4 is 14.8 Å². The Kier molecular flexibility index (Phi) is 6.07. The lowest BCUT2D eigenvalue weighted by molar-refractivity contribution is 0.169. The zero-order chi connectivity index (χ0) is 15.9. The second kappa shape index (κ2) is 8.03. The van der Waals surface area contributed by atoms with Gasteiger partial charge in [-0.15, -0.1) is 0 Å². The highest BCUT2D eigenvalue weighted by Crippen LogP contribution is 2.29. The minimum Gasteiger partial charge on any atom is -0.497 e. The average Bonchev–Trinajstić information content (AvgIpc) is 2.55. The number of methoxy groups -OCH3 is 2. The van der Waals surface area contributed by atoms with Gasteiger partial charge in [0.25, 0.3) is 0 Å². The molecule has 2 aromatic rings. The van der Waals surface area contributed by atoms with Crippen LogP contribution >= 0.6 is 11.6 Å². The fraction of sp³-hybridized carbons (Fsp3) is 0.294. The van der Waals surface area contributed by atoms with Gasteiger partial charge in [-0.3, -0.25) is 0 Å². The minimum atomic E-state index is -0.701. The first-order valence-corrected chi connectivity index (χ1v) is 7.37. The van der Waals surface area contributed by atoms with Gasteiger partial charge in [0.1, 0.15) is 11.5 Å². The molecule has 0 fully saturated rings. The molecule has 0 saturated carbocycles. The molecule has 0 aromatic heterocycles. The summed E-state index contributed by atoms with van der Waals surface area (Å²) in [6, 6.07) is 13.0. The number of benzene rings is 2. The Morgan fingerprint density at radius 1 is 1.14 bits per heavy atom. The Labute approximate surface area is 135 Å². The molecule has 0 radical (unpaired) electrons. The lowest BCUT2D eigenvalue weighted by Gasteiger charge is -2.17. The summed E-state index contributed by atoms with van der Waals surface area (Å²) in [6.45, 7) is 0.970. The van der Waals surface area contributed by atoms with Crippen molar-refractivity contribution in [3.05, 3.63) is 58.6 Å². The van der Waals surface area contributed by atoms with Crippen molar-refractivity contribution in [2.75, 3.05) is 20.8 Å². The summed E-state index contributed by atoms with van der Waals surface area (Å²) in [6.07, 6.45) is -0.701. The summed E-state index contributed by atoms with van der Waals surface area (Å²) in [5, 5.41) is 14.3. The first-order valence-electron chi connectivity index (χ1n) is 6.99. The average molecular weight is 322 g/mol. The van der Waals surface area contributed by atoms with Crippen LogP contribution in [-0.2, 0) is 6.54 Å². The van der Waals surface area contributed by atoms with Crippen molar-refractivity contribution in [1.29, 1.82) is 0 Å². The van der Waals surface area contributed by atoms with Gasteiger partial charge < -0.3 is 19.9 Å². The van der Waals surface area contributed by atoms with Gasteiger partial charge in [0, 0.05) is 23.7 Å². The molecule has 0 aliphatic heterocycles. The van der Waals surface area contributed by atoms with E-state index in [0.717, 1.165) is 5.56 Å². The van der Waals surface area contributed by atoms with Crippen molar-refractivity contribution in [3.8, 4) is 11.5 Å².